The van der Waals surface area contributed by atoms with Crippen molar-refractivity contribution in [2.24, 2.45) is 5.73 Å². The highest BCUT2D eigenvalue weighted by Gasteiger charge is 2.34. The van der Waals surface area contributed by atoms with Crippen LogP contribution in [0.4, 0.5) is 10.1 Å². The molecule has 2 saturated heterocycles. The molecule has 1 aromatic carbocycles. The van der Waals surface area contributed by atoms with Crippen molar-refractivity contribution in [3.63, 3.8) is 0 Å². The molecule has 116 valence electrons. The Kier molecular flexibility index (Phi) is 4.18. The summed E-state index contributed by atoms with van der Waals surface area (Å²) in [5.74, 6) is -0.180. The van der Waals surface area contributed by atoms with Crippen LogP contribution >= 0.6 is 0 Å². The van der Waals surface area contributed by atoms with Crippen molar-refractivity contribution in [2.75, 3.05) is 24.5 Å². The number of piperazine rings is 1. The van der Waals surface area contributed by atoms with E-state index in [1.807, 2.05) is 13.0 Å². The molecule has 0 saturated carbocycles. The van der Waals surface area contributed by atoms with Gasteiger partial charge in [-0.05, 0) is 45.4 Å². The number of nitrogens with zero attached hydrogens (tertiary/aromatic N) is 2. The van der Waals surface area contributed by atoms with E-state index < -0.39 is 0 Å². The lowest BCUT2D eigenvalue weighted by atomic mass is 9.95. The van der Waals surface area contributed by atoms with Crippen LogP contribution in [0, 0.1) is 5.82 Å². The highest BCUT2D eigenvalue weighted by molar-refractivity contribution is 5.57. The fraction of sp³-hybridized carbons (Fsp3) is 0.647. The van der Waals surface area contributed by atoms with Crippen LogP contribution in [0.3, 0.4) is 0 Å². The van der Waals surface area contributed by atoms with Gasteiger partial charge in [0.2, 0.25) is 0 Å². The maximum atomic E-state index is 14.2. The van der Waals surface area contributed by atoms with Gasteiger partial charge in [-0.1, -0.05) is 12.5 Å². The molecule has 2 fully saturated rings. The first-order chi connectivity index (χ1) is 10.1. The summed E-state index contributed by atoms with van der Waals surface area (Å²) in [7, 11) is 0. The second-order valence-electron chi connectivity index (χ2n) is 6.61. The summed E-state index contributed by atoms with van der Waals surface area (Å²) in [6.45, 7) is 7.38. The number of rotatable bonds is 2. The summed E-state index contributed by atoms with van der Waals surface area (Å²) >= 11 is 0. The Labute approximate surface area is 126 Å². The third-order valence-electron chi connectivity index (χ3n) is 4.98. The van der Waals surface area contributed by atoms with Gasteiger partial charge in [-0.3, -0.25) is 4.90 Å². The van der Waals surface area contributed by atoms with Crippen molar-refractivity contribution >= 4 is 5.69 Å². The molecule has 1 aromatic rings. The van der Waals surface area contributed by atoms with E-state index in [1.165, 1.54) is 31.9 Å². The van der Waals surface area contributed by atoms with Gasteiger partial charge in [0.25, 0.3) is 0 Å². The predicted octanol–water partition coefficient (Wildman–Crippen LogP) is 2.91. The molecule has 0 spiro atoms. The Morgan fingerprint density at radius 2 is 2.10 bits per heavy atom. The lowest BCUT2D eigenvalue weighted by Gasteiger charge is -2.49. The van der Waals surface area contributed by atoms with Gasteiger partial charge in [-0.25, -0.2) is 4.39 Å². The average molecular weight is 291 g/mol. The molecule has 2 heterocycles. The summed E-state index contributed by atoms with van der Waals surface area (Å²) in [6.07, 6.45) is 3.88. The van der Waals surface area contributed by atoms with Crippen LogP contribution in [0.5, 0.6) is 0 Å². The number of nitrogens with two attached hydrogens (primary N) is 1. The third-order valence-corrected chi connectivity index (χ3v) is 4.98. The van der Waals surface area contributed by atoms with Crippen molar-refractivity contribution in [2.45, 2.75) is 51.2 Å². The lowest BCUT2D eigenvalue weighted by Crippen LogP contribution is -2.59. The van der Waals surface area contributed by atoms with E-state index in [1.54, 1.807) is 6.07 Å². The average Bonchev–Trinajstić information content (AvgIpc) is 2.45. The summed E-state index contributed by atoms with van der Waals surface area (Å²) in [5, 5.41) is 0. The first-order valence-corrected chi connectivity index (χ1v) is 8.12. The number of hydrogen-bond donors (Lipinski definition) is 1. The largest absolute Gasteiger partial charge is 0.366 e. The van der Waals surface area contributed by atoms with Crippen LogP contribution in [0.2, 0.25) is 0 Å². The molecular weight excluding hydrogens is 265 g/mol. The van der Waals surface area contributed by atoms with E-state index in [0.717, 1.165) is 18.8 Å². The molecule has 2 N–H and O–H groups in total. The molecular formula is C17H26FN3. The summed E-state index contributed by atoms with van der Waals surface area (Å²) in [4.78, 5) is 4.98. The van der Waals surface area contributed by atoms with Crippen molar-refractivity contribution in [3.05, 3.63) is 29.6 Å². The molecule has 21 heavy (non-hydrogen) atoms. The summed E-state index contributed by atoms with van der Waals surface area (Å²) in [6, 6.07) is 6.08. The first kappa shape index (κ1) is 14.8. The van der Waals surface area contributed by atoms with Crippen LogP contribution in [-0.2, 0) is 0 Å². The molecule has 2 unspecified atom stereocenters. The molecule has 3 atom stereocenters. The second-order valence-corrected chi connectivity index (χ2v) is 6.61. The van der Waals surface area contributed by atoms with Crippen molar-refractivity contribution in [1.29, 1.82) is 0 Å². The fourth-order valence-corrected chi connectivity index (χ4v) is 3.91. The van der Waals surface area contributed by atoms with Crippen molar-refractivity contribution in [1.82, 2.24) is 4.90 Å². The Bertz CT molecular complexity index is 503. The van der Waals surface area contributed by atoms with E-state index in [9.17, 15) is 4.39 Å². The monoisotopic (exact) mass is 291 g/mol. The minimum Gasteiger partial charge on any atom is -0.366 e. The second kappa shape index (κ2) is 5.93. The van der Waals surface area contributed by atoms with Gasteiger partial charge in [-0.2, -0.15) is 0 Å². The van der Waals surface area contributed by atoms with Gasteiger partial charge in [-0.15, -0.1) is 0 Å². The number of fused-ring (bicyclic) bond motifs is 1. The van der Waals surface area contributed by atoms with Crippen LogP contribution in [-0.4, -0.2) is 36.6 Å². The Hall–Kier alpha value is -1.13. The number of hydrogen-bond acceptors (Lipinski definition) is 3. The van der Waals surface area contributed by atoms with E-state index in [-0.39, 0.29) is 11.9 Å². The topological polar surface area (TPSA) is 32.5 Å². The van der Waals surface area contributed by atoms with Gasteiger partial charge in [0.05, 0.1) is 0 Å². The molecule has 3 rings (SSSR count). The van der Waals surface area contributed by atoms with E-state index >= 15 is 0 Å². The van der Waals surface area contributed by atoms with Crippen LogP contribution in [0.15, 0.2) is 18.2 Å². The third kappa shape index (κ3) is 2.79. The van der Waals surface area contributed by atoms with E-state index in [0.29, 0.717) is 17.6 Å². The number of benzene rings is 1. The molecule has 0 bridgehead atoms. The summed E-state index contributed by atoms with van der Waals surface area (Å²) in [5.41, 5.74) is 7.67. The minimum absolute atomic E-state index is 0.180. The van der Waals surface area contributed by atoms with Crippen LogP contribution in [0.1, 0.15) is 44.7 Å². The maximum Gasteiger partial charge on any atom is 0.130 e. The van der Waals surface area contributed by atoms with E-state index in [2.05, 4.69) is 16.7 Å². The Balaban J connectivity index is 1.91. The summed E-state index contributed by atoms with van der Waals surface area (Å²) < 4.78 is 14.2. The van der Waals surface area contributed by atoms with Crippen LogP contribution < -0.4 is 10.6 Å². The SMILES string of the molecule is CC1CN2CCCCC2CN1c1cccc(F)c1[C@@H](C)N. The molecule has 0 radical (unpaired) electrons. The highest BCUT2D eigenvalue weighted by atomic mass is 19.1. The van der Waals surface area contributed by atoms with Crippen molar-refractivity contribution < 1.29 is 4.39 Å². The molecule has 2 aliphatic rings. The zero-order valence-corrected chi connectivity index (χ0v) is 13.1. The Morgan fingerprint density at radius 3 is 2.86 bits per heavy atom. The lowest BCUT2D eigenvalue weighted by molar-refractivity contribution is 0.115. The quantitative estimate of drug-likeness (QED) is 0.909. The predicted molar refractivity (Wildman–Crippen MR) is 85.0 cm³/mol. The number of halogens is 1. The molecule has 4 heteroatoms. The maximum absolute atomic E-state index is 14.2. The minimum atomic E-state index is -0.280. The zero-order chi connectivity index (χ0) is 15.0. The molecule has 2 aliphatic heterocycles. The molecule has 3 nitrogen and oxygen atoms in total. The Morgan fingerprint density at radius 1 is 1.29 bits per heavy atom. The van der Waals surface area contributed by atoms with Gasteiger partial charge < -0.3 is 10.6 Å². The molecule has 0 amide bonds. The molecule has 0 aromatic heterocycles. The van der Waals surface area contributed by atoms with Gasteiger partial charge >= 0.3 is 0 Å². The first-order valence-electron chi connectivity index (χ1n) is 8.12. The molecule has 0 aliphatic carbocycles. The smallest absolute Gasteiger partial charge is 0.130 e. The van der Waals surface area contributed by atoms with Gasteiger partial charge in [0.1, 0.15) is 5.82 Å². The zero-order valence-electron chi connectivity index (χ0n) is 13.1. The highest BCUT2D eigenvalue weighted by Crippen LogP contribution is 2.33. The van der Waals surface area contributed by atoms with Gasteiger partial charge in [0, 0.05) is 42.5 Å². The van der Waals surface area contributed by atoms with Crippen LogP contribution in [0.25, 0.3) is 0 Å². The number of piperidine rings is 1. The fourth-order valence-electron chi connectivity index (χ4n) is 3.91. The normalized spacial score (nSPS) is 28.3. The number of anilines is 1. The standard InChI is InChI=1S/C17H26FN3/c1-12-10-20-9-4-3-6-14(20)11-21(12)16-8-5-7-15(18)17(16)13(2)19/h5,7-8,12-14H,3-4,6,9-11,19H2,1-2H3/t12?,13-,14?/m1/s1. The van der Waals surface area contributed by atoms with E-state index in [4.69, 9.17) is 5.73 Å². The van der Waals surface area contributed by atoms with Crippen molar-refractivity contribution in [3.8, 4) is 0 Å². The van der Waals surface area contributed by atoms with Gasteiger partial charge in [0.15, 0.2) is 0 Å².